The van der Waals surface area contributed by atoms with Gasteiger partial charge >= 0.3 is 0 Å². The second-order valence-corrected chi connectivity index (χ2v) is 5.76. The maximum atomic E-state index is 12.2. The fourth-order valence-electron chi connectivity index (χ4n) is 2.60. The molecule has 0 aliphatic carbocycles. The molecule has 0 atom stereocenters. The van der Waals surface area contributed by atoms with Gasteiger partial charge in [-0.15, -0.1) is 0 Å². The predicted molar refractivity (Wildman–Crippen MR) is 106 cm³/mol. The lowest BCUT2D eigenvalue weighted by Crippen LogP contribution is -2.17. The molecular weight excluding hydrogens is 340 g/mol. The molecule has 1 N–H and O–H groups in total. The van der Waals surface area contributed by atoms with Crippen molar-refractivity contribution in [1.29, 1.82) is 0 Å². The van der Waals surface area contributed by atoms with E-state index in [2.05, 4.69) is 22.7 Å². The van der Waals surface area contributed by atoms with E-state index in [4.69, 9.17) is 9.47 Å². The van der Waals surface area contributed by atoms with Crippen LogP contribution in [0.1, 0.15) is 15.9 Å². The number of hydrogen-bond donors (Lipinski definition) is 1. The Morgan fingerprint density at radius 3 is 2.19 bits per heavy atom. The molecule has 0 aromatic heterocycles. The highest BCUT2D eigenvalue weighted by atomic mass is 16.5. The van der Waals surface area contributed by atoms with Crippen molar-refractivity contribution < 1.29 is 14.3 Å². The summed E-state index contributed by atoms with van der Waals surface area (Å²) in [6.07, 6.45) is 1.60. The van der Waals surface area contributed by atoms with Gasteiger partial charge in [0.15, 0.2) is 11.5 Å². The van der Waals surface area contributed by atoms with Gasteiger partial charge in [0.25, 0.3) is 5.91 Å². The van der Waals surface area contributed by atoms with Gasteiger partial charge in [0, 0.05) is 5.56 Å². The van der Waals surface area contributed by atoms with Gasteiger partial charge in [-0.25, -0.2) is 5.43 Å². The fourth-order valence-corrected chi connectivity index (χ4v) is 2.60. The molecule has 0 unspecified atom stereocenters. The number of nitrogens with one attached hydrogen (secondary N) is 1. The van der Waals surface area contributed by atoms with Crippen LogP contribution in [0.25, 0.3) is 11.1 Å². The summed E-state index contributed by atoms with van der Waals surface area (Å²) < 4.78 is 10.4. The van der Waals surface area contributed by atoms with Crippen LogP contribution in [0, 0.1) is 0 Å². The number of ether oxygens (including phenoxy) is 2. The number of methoxy groups -OCH3 is 2. The normalized spacial score (nSPS) is 10.6. The van der Waals surface area contributed by atoms with Crippen LogP contribution in [0.15, 0.2) is 77.9 Å². The number of hydrazone groups is 1. The maximum absolute atomic E-state index is 12.2. The minimum absolute atomic E-state index is 0.326. The largest absolute Gasteiger partial charge is 0.493 e. The summed E-state index contributed by atoms with van der Waals surface area (Å²) >= 11 is 0. The smallest absolute Gasteiger partial charge is 0.271 e. The summed E-state index contributed by atoms with van der Waals surface area (Å²) in [5, 5.41) is 4.02. The van der Waals surface area contributed by atoms with Crippen LogP contribution in [-0.2, 0) is 0 Å². The number of hydrogen-bond acceptors (Lipinski definition) is 4. The third kappa shape index (κ3) is 4.52. The van der Waals surface area contributed by atoms with E-state index in [0.29, 0.717) is 17.1 Å². The second-order valence-electron chi connectivity index (χ2n) is 5.76. The van der Waals surface area contributed by atoms with E-state index in [1.807, 2.05) is 42.5 Å². The minimum atomic E-state index is -0.326. The van der Waals surface area contributed by atoms with Gasteiger partial charge < -0.3 is 9.47 Å². The van der Waals surface area contributed by atoms with E-state index < -0.39 is 0 Å². The first-order valence-electron chi connectivity index (χ1n) is 8.42. The van der Waals surface area contributed by atoms with Gasteiger partial charge in [-0.1, -0.05) is 54.6 Å². The summed E-state index contributed by atoms with van der Waals surface area (Å²) in [5.41, 5.74) is 6.12. The van der Waals surface area contributed by atoms with E-state index in [-0.39, 0.29) is 5.91 Å². The molecule has 0 heterocycles. The van der Waals surface area contributed by atoms with Gasteiger partial charge in [-0.3, -0.25) is 4.79 Å². The second kappa shape index (κ2) is 8.67. The van der Waals surface area contributed by atoms with Crippen LogP contribution in [0.3, 0.4) is 0 Å². The summed E-state index contributed by atoms with van der Waals surface area (Å²) in [5.74, 6) is 0.731. The molecule has 0 saturated carbocycles. The Labute approximate surface area is 158 Å². The summed E-state index contributed by atoms with van der Waals surface area (Å²) in [6, 6.07) is 23.0. The average molecular weight is 360 g/mol. The van der Waals surface area contributed by atoms with E-state index in [0.717, 1.165) is 16.7 Å². The van der Waals surface area contributed by atoms with E-state index in [1.54, 1.807) is 31.5 Å². The molecule has 3 rings (SSSR count). The van der Waals surface area contributed by atoms with Crippen molar-refractivity contribution in [2.45, 2.75) is 0 Å². The lowest BCUT2D eigenvalue weighted by atomic mass is 10.0. The first-order chi connectivity index (χ1) is 13.2. The molecule has 0 fully saturated rings. The first-order valence-corrected chi connectivity index (χ1v) is 8.42. The Morgan fingerprint density at radius 1 is 0.852 bits per heavy atom. The molecule has 0 radical (unpaired) electrons. The molecule has 0 spiro atoms. The van der Waals surface area contributed by atoms with Gasteiger partial charge in [0.2, 0.25) is 0 Å². The molecule has 0 aliphatic rings. The SMILES string of the molecule is COc1ccc(C(=O)N/N=C\c2ccc(-c3ccccc3)cc2)cc1OC. The Morgan fingerprint density at radius 2 is 1.52 bits per heavy atom. The Hall–Kier alpha value is -3.60. The third-order valence-electron chi connectivity index (χ3n) is 4.04. The predicted octanol–water partition coefficient (Wildman–Crippen LogP) is 4.13. The highest BCUT2D eigenvalue weighted by molar-refractivity contribution is 5.95. The summed E-state index contributed by atoms with van der Waals surface area (Å²) in [6.45, 7) is 0. The quantitative estimate of drug-likeness (QED) is 0.531. The number of carbonyl (C=O) groups is 1. The van der Waals surface area contributed by atoms with Crippen molar-refractivity contribution in [2.24, 2.45) is 5.10 Å². The highest BCUT2D eigenvalue weighted by Gasteiger charge is 2.09. The van der Waals surface area contributed by atoms with Crippen LogP contribution in [0.2, 0.25) is 0 Å². The van der Waals surface area contributed by atoms with Crippen LogP contribution in [0.5, 0.6) is 11.5 Å². The molecule has 5 nitrogen and oxygen atoms in total. The standard InChI is InChI=1S/C22H20N2O3/c1-26-20-13-12-19(14-21(20)27-2)22(25)24-23-15-16-8-10-18(11-9-16)17-6-4-3-5-7-17/h3-15H,1-2H3,(H,24,25)/b23-15-. The van der Waals surface area contributed by atoms with Gasteiger partial charge in [0.05, 0.1) is 20.4 Å². The molecule has 3 aromatic carbocycles. The van der Waals surface area contributed by atoms with Crippen molar-refractivity contribution >= 4 is 12.1 Å². The fraction of sp³-hybridized carbons (Fsp3) is 0.0909. The number of carbonyl (C=O) groups excluding carboxylic acids is 1. The highest BCUT2D eigenvalue weighted by Crippen LogP contribution is 2.27. The molecule has 1 amide bonds. The monoisotopic (exact) mass is 360 g/mol. The van der Waals surface area contributed by atoms with E-state index >= 15 is 0 Å². The lowest BCUT2D eigenvalue weighted by Gasteiger charge is -2.08. The Balaban J connectivity index is 1.64. The first kappa shape index (κ1) is 18.2. The number of rotatable bonds is 6. The third-order valence-corrected chi connectivity index (χ3v) is 4.04. The van der Waals surface area contributed by atoms with Crippen molar-refractivity contribution in [3.05, 3.63) is 83.9 Å². The van der Waals surface area contributed by atoms with Crippen LogP contribution >= 0.6 is 0 Å². The molecule has 5 heteroatoms. The topological polar surface area (TPSA) is 59.9 Å². The molecule has 3 aromatic rings. The van der Waals surface area contributed by atoms with Gasteiger partial charge in [0.1, 0.15) is 0 Å². The molecule has 136 valence electrons. The Bertz CT molecular complexity index is 936. The lowest BCUT2D eigenvalue weighted by molar-refractivity contribution is 0.0954. The van der Waals surface area contributed by atoms with Gasteiger partial charge in [-0.2, -0.15) is 5.10 Å². The van der Waals surface area contributed by atoms with Crippen LogP contribution in [-0.4, -0.2) is 26.3 Å². The number of nitrogens with zero attached hydrogens (tertiary/aromatic N) is 1. The Kier molecular flexibility index (Phi) is 5.84. The molecule has 0 aliphatic heterocycles. The molecule has 27 heavy (non-hydrogen) atoms. The number of benzene rings is 3. The van der Waals surface area contributed by atoms with Crippen LogP contribution < -0.4 is 14.9 Å². The summed E-state index contributed by atoms with van der Waals surface area (Å²) in [4.78, 5) is 12.2. The molecule has 0 bridgehead atoms. The van der Waals surface area contributed by atoms with Crippen molar-refractivity contribution in [2.75, 3.05) is 14.2 Å². The average Bonchev–Trinajstić information content (AvgIpc) is 2.74. The summed E-state index contributed by atoms with van der Waals surface area (Å²) in [7, 11) is 3.07. The zero-order valence-electron chi connectivity index (χ0n) is 15.2. The van der Waals surface area contributed by atoms with Crippen molar-refractivity contribution in [3.8, 4) is 22.6 Å². The van der Waals surface area contributed by atoms with Crippen LogP contribution in [0.4, 0.5) is 0 Å². The van der Waals surface area contributed by atoms with Gasteiger partial charge in [-0.05, 0) is 34.9 Å². The van der Waals surface area contributed by atoms with Crippen molar-refractivity contribution in [3.63, 3.8) is 0 Å². The molecule has 0 saturated heterocycles. The minimum Gasteiger partial charge on any atom is -0.493 e. The van der Waals surface area contributed by atoms with E-state index in [9.17, 15) is 4.79 Å². The molecular formula is C22H20N2O3. The zero-order valence-corrected chi connectivity index (χ0v) is 15.2. The zero-order chi connectivity index (χ0) is 19.1. The maximum Gasteiger partial charge on any atom is 0.271 e. The number of amides is 1. The van der Waals surface area contributed by atoms with Crippen molar-refractivity contribution in [1.82, 2.24) is 5.43 Å². The van der Waals surface area contributed by atoms with E-state index in [1.165, 1.54) is 7.11 Å².